The lowest BCUT2D eigenvalue weighted by molar-refractivity contribution is 0.183. The molecule has 25 heavy (non-hydrogen) atoms. The van der Waals surface area contributed by atoms with E-state index in [1.54, 1.807) is 0 Å². The third kappa shape index (κ3) is 4.09. The standard InChI is InChI=1S/C22H31NO2/c1-4-17-8-9-18-14-19(16(2)3)21(24)15-20(18)22(17)25-13-12-23-10-6-5-7-11-23/h8-9,14-16,24H,4-7,10-13H2,1-3H3. The second-order valence-corrected chi connectivity index (χ2v) is 7.44. The summed E-state index contributed by atoms with van der Waals surface area (Å²) in [6.07, 6.45) is 4.90. The highest BCUT2D eigenvalue weighted by molar-refractivity contribution is 5.91. The van der Waals surface area contributed by atoms with Gasteiger partial charge >= 0.3 is 0 Å². The molecule has 2 aromatic rings. The Hall–Kier alpha value is -1.74. The van der Waals surface area contributed by atoms with E-state index in [0.29, 0.717) is 18.3 Å². The summed E-state index contributed by atoms with van der Waals surface area (Å²) >= 11 is 0. The lowest BCUT2D eigenvalue weighted by Gasteiger charge is -2.26. The van der Waals surface area contributed by atoms with Crippen molar-refractivity contribution in [3.63, 3.8) is 0 Å². The maximum Gasteiger partial charge on any atom is 0.130 e. The highest BCUT2D eigenvalue weighted by Gasteiger charge is 2.15. The van der Waals surface area contributed by atoms with Crippen LogP contribution in [0.1, 0.15) is 57.1 Å². The van der Waals surface area contributed by atoms with Crippen molar-refractivity contribution >= 4 is 10.8 Å². The van der Waals surface area contributed by atoms with Crippen LogP contribution in [-0.2, 0) is 6.42 Å². The molecule has 1 aliphatic rings. The third-order valence-corrected chi connectivity index (χ3v) is 5.30. The number of benzene rings is 2. The van der Waals surface area contributed by atoms with E-state index < -0.39 is 0 Å². The van der Waals surface area contributed by atoms with Crippen LogP contribution in [0, 0.1) is 0 Å². The number of phenols is 1. The molecule has 0 saturated carbocycles. The third-order valence-electron chi connectivity index (χ3n) is 5.30. The minimum Gasteiger partial charge on any atom is -0.508 e. The number of likely N-dealkylation sites (tertiary alicyclic amines) is 1. The number of phenolic OH excluding ortho intramolecular Hbond substituents is 1. The van der Waals surface area contributed by atoms with E-state index in [1.807, 2.05) is 6.07 Å². The van der Waals surface area contributed by atoms with E-state index in [0.717, 1.165) is 35.1 Å². The van der Waals surface area contributed by atoms with Crippen molar-refractivity contribution in [3.05, 3.63) is 35.4 Å². The van der Waals surface area contributed by atoms with Gasteiger partial charge in [0.15, 0.2) is 0 Å². The van der Waals surface area contributed by atoms with E-state index in [-0.39, 0.29) is 0 Å². The first kappa shape index (κ1) is 18.1. The normalized spacial score (nSPS) is 15.8. The van der Waals surface area contributed by atoms with Crippen molar-refractivity contribution < 1.29 is 9.84 Å². The van der Waals surface area contributed by atoms with Crippen LogP contribution in [0.4, 0.5) is 0 Å². The molecule has 1 N–H and O–H groups in total. The zero-order chi connectivity index (χ0) is 17.8. The summed E-state index contributed by atoms with van der Waals surface area (Å²) in [7, 11) is 0. The van der Waals surface area contributed by atoms with Gasteiger partial charge in [0.05, 0.1) is 0 Å². The summed E-state index contributed by atoms with van der Waals surface area (Å²) in [5, 5.41) is 12.6. The van der Waals surface area contributed by atoms with Crippen molar-refractivity contribution in [2.45, 2.75) is 52.4 Å². The van der Waals surface area contributed by atoms with Crippen LogP contribution in [0.2, 0.25) is 0 Å². The first-order chi connectivity index (χ1) is 12.1. The maximum absolute atomic E-state index is 10.4. The zero-order valence-electron chi connectivity index (χ0n) is 15.8. The minimum absolute atomic E-state index is 0.304. The first-order valence-corrected chi connectivity index (χ1v) is 9.73. The molecule has 2 aromatic carbocycles. The Morgan fingerprint density at radius 3 is 2.56 bits per heavy atom. The molecule has 1 fully saturated rings. The molecule has 1 heterocycles. The van der Waals surface area contributed by atoms with Gasteiger partial charge in [0.25, 0.3) is 0 Å². The number of aryl methyl sites for hydroxylation is 1. The highest BCUT2D eigenvalue weighted by atomic mass is 16.5. The smallest absolute Gasteiger partial charge is 0.130 e. The van der Waals surface area contributed by atoms with Crippen LogP contribution in [0.5, 0.6) is 11.5 Å². The van der Waals surface area contributed by atoms with Crippen LogP contribution in [-0.4, -0.2) is 36.2 Å². The summed E-state index contributed by atoms with van der Waals surface area (Å²) in [6, 6.07) is 8.31. The van der Waals surface area contributed by atoms with Gasteiger partial charge in [-0.2, -0.15) is 0 Å². The van der Waals surface area contributed by atoms with Gasteiger partial charge < -0.3 is 9.84 Å². The molecule has 3 nitrogen and oxygen atoms in total. The van der Waals surface area contributed by atoms with Crippen LogP contribution in [0.3, 0.4) is 0 Å². The van der Waals surface area contributed by atoms with Gasteiger partial charge in [-0.1, -0.05) is 39.3 Å². The second-order valence-electron chi connectivity index (χ2n) is 7.44. The molecular weight excluding hydrogens is 310 g/mol. The summed E-state index contributed by atoms with van der Waals surface area (Å²) < 4.78 is 6.25. The fraction of sp³-hybridized carbons (Fsp3) is 0.545. The molecule has 1 aliphatic heterocycles. The van der Waals surface area contributed by atoms with E-state index in [2.05, 4.69) is 43.9 Å². The Morgan fingerprint density at radius 1 is 1.12 bits per heavy atom. The largest absolute Gasteiger partial charge is 0.508 e. The van der Waals surface area contributed by atoms with Gasteiger partial charge in [-0.25, -0.2) is 0 Å². The number of rotatable bonds is 6. The van der Waals surface area contributed by atoms with Gasteiger partial charge in [0, 0.05) is 11.9 Å². The number of hydrogen-bond acceptors (Lipinski definition) is 3. The van der Waals surface area contributed by atoms with Crippen molar-refractivity contribution in [1.82, 2.24) is 4.90 Å². The van der Waals surface area contributed by atoms with E-state index in [1.165, 1.54) is 37.9 Å². The highest BCUT2D eigenvalue weighted by Crippen LogP contribution is 2.37. The van der Waals surface area contributed by atoms with E-state index in [4.69, 9.17) is 4.74 Å². The maximum atomic E-state index is 10.4. The fourth-order valence-electron chi connectivity index (χ4n) is 3.77. The molecule has 1 saturated heterocycles. The predicted octanol–water partition coefficient (Wildman–Crippen LogP) is 5.10. The van der Waals surface area contributed by atoms with Gasteiger partial charge in [-0.05, 0) is 66.9 Å². The Morgan fingerprint density at radius 2 is 1.88 bits per heavy atom. The topological polar surface area (TPSA) is 32.7 Å². The molecule has 0 unspecified atom stereocenters. The SMILES string of the molecule is CCc1ccc2cc(C(C)C)c(O)cc2c1OCCN1CCCCC1. The average Bonchev–Trinajstić information content (AvgIpc) is 2.62. The number of aromatic hydroxyl groups is 1. The second kappa shape index (κ2) is 8.09. The van der Waals surface area contributed by atoms with Gasteiger partial charge in [0.2, 0.25) is 0 Å². The monoisotopic (exact) mass is 341 g/mol. The molecule has 3 rings (SSSR count). The predicted molar refractivity (Wildman–Crippen MR) is 105 cm³/mol. The first-order valence-electron chi connectivity index (χ1n) is 9.73. The minimum atomic E-state index is 0.304. The Balaban J connectivity index is 1.84. The summed E-state index contributed by atoms with van der Waals surface area (Å²) in [5.74, 6) is 1.62. The zero-order valence-corrected chi connectivity index (χ0v) is 15.8. The van der Waals surface area contributed by atoms with Crippen molar-refractivity contribution in [1.29, 1.82) is 0 Å². The molecule has 136 valence electrons. The number of piperidine rings is 1. The van der Waals surface area contributed by atoms with Crippen LogP contribution >= 0.6 is 0 Å². The Labute approximate surface area is 151 Å². The van der Waals surface area contributed by atoms with Gasteiger partial charge in [-0.15, -0.1) is 0 Å². The quantitative estimate of drug-likeness (QED) is 0.794. The summed E-state index contributed by atoms with van der Waals surface area (Å²) in [6.45, 7) is 10.4. The molecule has 0 spiro atoms. The molecule has 0 aliphatic carbocycles. The fourth-order valence-corrected chi connectivity index (χ4v) is 3.77. The molecule has 3 heteroatoms. The number of hydrogen-bond donors (Lipinski definition) is 1. The average molecular weight is 341 g/mol. The lowest BCUT2D eigenvalue weighted by atomic mass is 9.96. The number of nitrogens with zero attached hydrogens (tertiary/aromatic N) is 1. The van der Waals surface area contributed by atoms with Crippen molar-refractivity contribution in [2.75, 3.05) is 26.2 Å². The van der Waals surface area contributed by atoms with Gasteiger partial charge in [0.1, 0.15) is 18.1 Å². The van der Waals surface area contributed by atoms with Crippen molar-refractivity contribution in [3.8, 4) is 11.5 Å². The van der Waals surface area contributed by atoms with Crippen LogP contribution < -0.4 is 4.74 Å². The Bertz CT molecular complexity index is 718. The summed E-state index contributed by atoms with van der Waals surface area (Å²) in [4.78, 5) is 2.49. The van der Waals surface area contributed by atoms with E-state index >= 15 is 0 Å². The van der Waals surface area contributed by atoms with E-state index in [9.17, 15) is 5.11 Å². The molecule has 0 atom stereocenters. The van der Waals surface area contributed by atoms with Gasteiger partial charge in [-0.3, -0.25) is 4.90 Å². The summed E-state index contributed by atoms with van der Waals surface area (Å²) in [5.41, 5.74) is 2.21. The lowest BCUT2D eigenvalue weighted by Crippen LogP contribution is -2.33. The van der Waals surface area contributed by atoms with Crippen LogP contribution in [0.15, 0.2) is 24.3 Å². The molecule has 0 amide bonds. The molecule has 0 bridgehead atoms. The van der Waals surface area contributed by atoms with Crippen molar-refractivity contribution in [2.24, 2.45) is 0 Å². The molecule has 0 radical (unpaired) electrons. The van der Waals surface area contributed by atoms with Crippen LogP contribution in [0.25, 0.3) is 10.8 Å². The number of fused-ring (bicyclic) bond motifs is 1. The molecule has 0 aromatic heterocycles. The Kier molecular flexibility index (Phi) is 5.85. The number of ether oxygens (including phenoxy) is 1. The molecular formula is C22H31NO2.